The first-order valence-electron chi connectivity index (χ1n) is 11.2. The van der Waals surface area contributed by atoms with Crippen LogP contribution in [0, 0.1) is 23.7 Å². The molecule has 1 heterocycles. The largest absolute Gasteiger partial charge is 0.491 e. The summed E-state index contributed by atoms with van der Waals surface area (Å²) in [6.45, 7) is 5.67. The Balaban J connectivity index is 1.15. The Morgan fingerprint density at radius 1 is 1.07 bits per heavy atom. The van der Waals surface area contributed by atoms with Crippen molar-refractivity contribution in [2.45, 2.75) is 63.4 Å². The van der Waals surface area contributed by atoms with Crippen LogP contribution in [0.5, 0.6) is 5.75 Å². The van der Waals surface area contributed by atoms with Gasteiger partial charge in [0.25, 0.3) is 0 Å². The Morgan fingerprint density at radius 2 is 1.74 bits per heavy atom. The molecule has 1 aliphatic heterocycles. The first-order chi connectivity index (χ1) is 13.1. The van der Waals surface area contributed by atoms with E-state index in [1.54, 1.807) is 5.56 Å². The van der Waals surface area contributed by atoms with Crippen LogP contribution in [0.2, 0.25) is 0 Å². The number of hydrogen-bond acceptors (Lipinski definition) is 3. The average molecular weight is 370 g/mol. The summed E-state index contributed by atoms with van der Waals surface area (Å²) in [7, 11) is 0. The number of aliphatic hydroxyl groups is 1. The van der Waals surface area contributed by atoms with Crippen LogP contribution in [0.15, 0.2) is 24.3 Å². The highest BCUT2D eigenvalue weighted by atomic mass is 16.5. The summed E-state index contributed by atoms with van der Waals surface area (Å²) in [5.41, 5.74) is 2.03. The highest BCUT2D eigenvalue weighted by Gasteiger charge is 2.58. The normalized spacial score (nSPS) is 37.0. The van der Waals surface area contributed by atoms with Crippen molar-refractivity contribution in [1.29, 1.82) is 0 Å². The molecule has 1 aromatic rings. The van der Waals surface area contributed by atoms with E-state index in [1.807, 2.05) is 0 Å². The fourth-order valence-corrected chi connectivity index (χ4v) is 6.94. The second-order valence-electron chi connectivity index (χ2n) is 10.2. The molecule has 1 aromatic carbocycles. The van der Waals surface area contributed by atoms with Gasteiger partial charge in [-0.1, -0.05) is 19.1 Å². The Labute approximate surface area is 164 Å². The monoisotopic (exact) mass is 369 g/mol. The Morgan fingerprint density at radius 3 is 2.41 bits per heavy atom. The fraction of sp³-hybridized carbons (Fsp3) is 0.750. The van der Waals surface area contributed by atoms with Gasteiger partial charge in [-0.2, -0.15) is 0 Å². The van der Waals surface area contributed by atoms with Gasteiger partial charge in [0.15, 0.2) is 0 Å². The van der Waals surface area contributed by atoms with E-state index in [0.29, 0.717) is 12.0 Å². The van der Waals surface area contributed by atoms with E-state index in [-0.39, 0.29) is 0 Å². The van der Waals surface area contributed by atoms with Crippen LogP contribution in [-0.4, -0.2) is 42.4 Å². The quantitative estimate of drug-likeness (QED) is 0.814. The van der Waals surface area contributed by atoms with Gasteiger partial charge in [0.1, 0.15) is 18.5 Å². The van der Waals surface area contributed by atoms with Gasteiger partial charge in [-0.3, -0.25) is 0 Å². The Bertz CT molecular complexity index is 635. The fourth-order valence-electron chi connectivity index (χ4n) is 6.94. The smallest absolute Gasteiger partial charge is 0.119 e. The minimum Gasteiger partial charge on any atom is -0.491 e. The number of hydrogen-bond donors (Lipinski definition) is 1. The Hall–Kier alpha value is -1.06. The molecule has 3 heteroatoms. The van der Waals surface area contributed by atoms with Gasteiger partial charge >= 0.3 is 0 Å². The molecule has 4 aliphatic carbocycles. The standard InChI is InChI=1S/C24H35NO2/c1-17-6-8-25(9-7-17)15-22(26)16-27-23-4-2-20(3-5-23)24-13-18-10-19(14-24)12-21(24)11-18/h2-5,17-19,21-22,26H,6-16H2,1H3/t18?,19?,21?,22-,24?/m1/s1. The van der Waals surface area contributed by atoms with Gasteiger partial charge < -0.3 is 14.7 Å². The summed E-state index contributed by atoms with van der Waals surface area (Å²) >= 11 is 0. The van der Waals surface area contributed by atoms with Gasteiger partial charge in [0, 0.05) is 6.54 Å². The van der Waals surface area contributed by atoms with E-state index in [2.05, 4.69) is 36.1 Å². The van der Waals surface area contributed by atoms with E-state index in [9.17, 15) is 5.11 Å². The molecule has 0 amide bonds. The zero-order chi connectivity index (χ0) is 18.4. The third kappa shape index (κ3) is 3.42. The van der Waals surface area contributed by atoms with Gasteiger partial charge in [-0.25, -0.2) is 0 Å². The average Bonchev–Trinajstić information content (AvgIpc) is 3.07. The zero-order valence-corrected chi connectivity index (χ0v) is 16.8. The van der Waals surface area contributed by atoms with Crippen LogP contribution < -0.4 is 4.74 Å². The molecule has 0 aromatic heterocycles. The van der Waals surface area contributed by atoms with Gasteiger partial charge in [-0.15, -0.1) is 0 Å². The second-order valence-corrected chi connectivity index (χ2v) is 10.2. The predicted octanol–water partition coefficient (Wildman–Crippen LogP) is 4.24. The molecular formula is C24H35NO2. The van der Waals surface area contributed by atoms with Crippen LogP contribution in [0.25, 0.3) is 0 Å². The number of rotatable bonds is 6. The molecule has 0 radical (unpaired) electrons. The molecule has 5 aliphatic rings. The van der Waals surface area contributed by atoms with Crippen LogP contribution in [0.3, 0.4) is 0 Å². The van der Waals surface area contributed by atoms with Gasteiger partial charge in [-0.05, 0) is 105 Å². The molecule has 148 valence electrons. The van der Waals surface area contributed by atoms with Crippen LogP contribution >= 0.6 is 0 Å². The predicted molar refractivity (Wildman–Crippen MR) is 108 cm³/mol. The maximum absolute atomic E-state index is 10.3. The minimum atomic E-state index is -0.405. The van der Waals surface area contributed by atoms with E-state index >= 15 is 0 Å². The van der Waals surface area contributed by atoms with Crippen molar-refractivity contribution >= 4 is 0 Å². The number of β-amino-alcohol motifs (C(OH)–C–C–N with tert-alkyl or cyclic N) is 1. The van der Waals surface area contributed by atoms with Gasteiger partial charge in [0.05, 0.1) is 0 Å². The lowest BCUT2D eigenvalue weighted by atomic mass is 9.71. The second kappa shape index (κ2) is 7.08. The molecule has 4 saturated carbocycles. The van der Waals surface area contributed by atoms with Crippen LogP contribution in [0.1, 0.15) is 57.4 Å². The van der Waals surface area contributed by atoms with E-state index < -0.39 is 6.10 Å². The number of piperidine rings is 1. The number of ether oxygens (including phenoxy) is 1. The van der Waals surface area contributed by atoms with Crippen molar-refractivity contribution in [3.8, 4) is 5.75 Å². The number of benzene rings is 1. The lowest BCUT2D eigenvalue weighted by molar-refractivity contribution is 0.0563. The van der Waals surface area contributed by atoms with Crippen molar-refractivity contribution in [3.05, 3.63) is 29.8 Å². The van der Waals surface area contributed by atoms with Crippen molar-refractivity contribution < 1.29 is 9.84 Å². The van der Waals surface area contributed by atoms with Crippen molar-refractivity contribution in [2.75, 3.05) is 26.2 Å². The third-order valence-electron chi connectivity index (χ3n) is 8.21. The molecule has 27 heavy (non-hydrogen) atoms. The minimum absolute atomic E-state index is 0.392. The van der Waals surface area contributed by atoms with Crippen molar-refractivity contribution in [2.24, 2.45) is 23.7 Å². The van der Waals surface area contributed by atoms with Crippen LogP contribution in [-0.2, 0) is 5.41 Å². The van der Waals surface area contributed by atoms with Crippen LogP contribution in [0.4, 0.5) is 0 Å². The summed E-state index contributed by atoms with van der Waals surface area (Å²) in [6, 6.07) is 8.91. The maximum atomic E-state index is 10.3. The SMILES string of the molecule is CC1CCN(C[C@@H](O)COc2ccc(C34CC5CC(CC3C5)C4)cc2)CC1. The molecule has 3 nitrogen and oxygen atoms in total. The molecule has 3 atom stereocenters. The summed E-state index contributed by atoms with van der Waals surface area (Å²) in [6.07, 6.45) is 9.36. The molecule has 1 N–H and O–H groups in total. The lowest BCUT2D eigenvalue weighted by Crippen LogP contribution is -2.40. The number of nitrogens with zero attached hydrogens (tertiary/aromatic N) is 1. The highest BCUT2D eigenvalue weighted by molar-refractivity contribution is 5.36. The van der Waals surface area contributed by atoms with Crippen molar-refractivity contribution in [1.82, 2.24) is 4.90 Å². The van der Waals surface area contributed by atoms with Crippen molar-refractivity contribution in [3.63, 3.8) is 0 Å². The molecular weight excluding hydrogens is 334 g/mol. The van der Waals surface area contributed by atoms with E-state index in [4.69, 9.17) is 4.74 Å². The summed E-state index contributed by atoms with van der Waals surface area (Å²) < 4.78 is 5.91. The molecule has 4 bridgehead atoms. The molecule has 1 saturated heterocycles. The highest BCUT2D eigenvalue weighted by Crippen LogP contribution is 2.65. The lowest BCUT2D eigenvalue weighted by Gasteiger charge is -2.33. The molecule has 6 rings (SSSR count). The third-order valence-corrected chi connectivity index (χ3v) is 8.21. The first-order valence-corrected chi connectivity index (χ1v) is 11.2. The summed E-state index contributed by atoms with van der Waals surface area (Å²) in [5.74, 6) is 4.65. The zero-order valence-electron chi connectivity index (χ0n) is 16.8. The molecule has 5 fully saturated rings. The number of aliphatic hydroxyl groups excluding tert-OH is 1. The molecule has 2 unspecified atom stereocenters. The topological polar surface area (TPSA) is 32.7 Å². The van der Waals surface area contributed by atoms with E-state index in [0.717, 1.165) is 49.1 Å². The first kappa shape index (κ1) is 18.0. The molecule has 0 spiro atoms. The Kier molecular flexibility index (Phi) is 4.72. The summed E-state index contributed by atoms with van der Waals surface area (Å²) in [4.78, 5) is 2.38. The number of likely N-dealkylation sites (tertiary alicyclic amines) is 1. The van der Waals surface area contributed by atoms with Gasteiger partial charge in [0.2, 0.25) is 0 Å². The summed E-state index contributed by atoms with van der Waals surface area (Å²) in [5, 5.41) is 10.3. The van der Waals surface area contributed by atoms with E-state index in [1.165, 1.54) is 44.9 Å². The maximum Gasteiger partial charge on any atom is 0.119 e.